The van der Waals surface area contributed by atoms with Crippen LogP contribution < -0.4 is 10.1 Å². The second-order valence-corrected chi connectivity index (χ2v) is 6.04. The molecular weight excluding hydrogens is 314 g/mol. The van der Waals surface area contributed by atoms with E-state index in [-0.39, 0.29) is 5.91 Å². The molecule has 3 rings (SSSR count). The summed E-state index contributed by atoms with van der Waals surface area (Å²) in [6, 6.07) is 15.9. The van der Waals surface area contributed by atoms with Crippen LogP contribution in [0.5, 0.6) is 5.75 Å². The van der Waals surface area contributed by atoms with Crippen molar-refractivity contribution in [1.82, 2.24) is 14.9 Å². The first kappa shape index (κ1) is 17.0. The molecule has 25 heavy (non-hydrogen) atoms. The summed E-state index contributed by atoms with van der Waals surface area (Å²) in [6.45, 7) is 3.90. The van der Waals surface area contributed by atoms with Crippen LogP contribution in [0.3, 0.4) is 0 Å². The number of rotatable bonds is 8. The summed E-state index contributed by atoms with van der Waals surface area (Å²) in [5, 5.41) is 2.94. The maximum absolute atomic E-state index is 11.9. The van der Waals surface area contributed by atoms with Crippen LogP contribution in [-0.4, -0.2) is 28.6 Å². The quantitative estimate of drug-likeness (QED) is 0.642. The zero-order chi connectivity index (χ0) is 17.5. The highest BCUT2D eigenvalue weighted by Gasteiger charge is 2.03. The van der Waals surface area contributed by atoms with Gasteiger partial charge in [-0.1, -0.05) is 29.8 Å². The third-order valence-electron chi connectivity index (χ3n) is 4.04. The van der Waals surface area contributed by atoms with Crippen molar-refractivity contribution >= 4 is 16.9 Å². The Morgan fingerprint density at radius 3 is 2.80 bits per heavy atom. The predicted molar refractivity (Wildman–Crippen MR) is 98.7 cm³/mol. The van der Waals surface area contributed by atoms with E-state index in [4.69, 9.17) is 4.74 Å². The van der Waals surface area contributed by atoms with Crippen molar-refractivity contribution in [1.29, 1.82) is 0 Å². The number of hydrogen-bond donors (Lipinski definition) is 1. The van der Waals surface area contributed by atoms with Crippen LogP contribution in [0.1, 0.15) is 18.4 Å². The summed E-state index contributed by atoms with van der Waals surface area (Å²) in [4.78, 5) is 16.2. The zero-order valence-corrected chi connectivity index (χ0v) is 14.4. The van der Waals surface area contributed by atoms with Gasteiger partial charge in [0.15, 0.2) is 0 Å². The zero-order valence-electron chi connectivity index (χ0n) is 14.4. The molecule has 0 unspecified atom stereocenters. The molecule has 0 fully saturated rings. The molecule has 0 bridgehead atoms. The first-order valence-electron chi connectivity index (χ1n) is 8.58. The monoisotopic (exact) mass is 337 g/mol. The molecule has 1 aromatic heterocycles. The van der Waals surface area contributed by atoms with Gasteiger partial charge in [-0.05, 0) is 37.6 Å². The van der Waals surface area contributed by atoms with E-state index in [2.05, 4.69) is 20.9 Å². The van der Waals surface area contributed by atoms with Gasteiger partial charge in [-0.15, -0.1) is 0 Å². The maximum Gasteiger partial charge on any atom is 0.223 e. The second-order valence-electron chi connectivity index (χ2n) is 6.04. The molecule has 0 radical (unpaired) electrons. The summed E-state index contributed by atoms with van der Waals surface area (Å²) in [6.07, 6.45) is 3.08. The number of nitrogens with zero attached hydrogens (tertiary/aromatic N) is 2. The summed E-state index contributed by atoms with van der Waals surface area (Å²) in [5.41, 5.74) is 3.32. The standard InChI is InChI=1S/C20H23N3O2/c1-16-7-9-17(10-8-16)25-14-11-20(24)21-12-4-13-23-15-22-18-5-2-3-6-19(18)23/h2-3,5-10,15H,4,11-14H2,1H3,(H,21,24). The Kier molecular flexibility index (Phi) is 5.67. The van der Waals surface area contributed by atoms with Gasteiger partial charge < -0.3 is 14.6 Å². The molecule has 0 aliphatic heterocycles. The number of amides is 1. The van der Waals surface area contributed by atoms with Gasteiger partial charge in [0, 0.05) is 13.1 Å². The average molecular weight is 337 g/mol. The fraction of sp³-hybridized carbons (Fsp3) is 0.300. The van der Waals surface area contributed by atoms with Crippen molar-refractivity contribution in [2.24, 2.45) is 0 Å². The van der Waals surface area contributed by atoms with Crippen LogP contribution in [0.15, 0.2) is 54.9 Å². The Labute approximate surface area is 147 Å². The number of ether oxygens (including phenoxy) is 1. The SMILES string of the molecule is Cc1ccc(OCCC(=O)NCCCn2cnc3ccccc32)cc1. The fourth-order valence-corrected chi connectivity index (χ4v) is 2.65. The lowest BCUT2D eigenvalue weighted by Crippen LogP contribution is -2.26. The van der Waals surface area contributed by atoms with E-state index in [1.54, 1.807) is 0 Å². The van der Waals surface area contributed by atoms with Gasteiger partial charge in [-0.2, -0.15) is 0 Å². The van der Waals surface area contributed by atoms with Gasteiger partial charge in [-0.3, -0.25) is 4.79 Å². The maximum atomic E-state index is 11.9. The van der Waals surface area contributed by atoms with Gasteiger partial charge >= 0.3 is 0 Å². The minimum atomic E-state index is 0.0163. The average Bonchev–Trinajstić information content (AvgIpc) is 3.04. The van der Waals surface area contributed by atoms with Crippen LogP contribution in [0, 0.1) is 6.92 Å². The van der Waals surface area contributed by atoms with Crippen molar-refractivity contribution in [3.63, 3.8) is 0 Å². The number of carbonyl (C=O) groups is 1. The number of hydrogen-bond acceptors (Lipinski definition) is 3. The lowest BCUT2D eigenvalue weighted by molar-refractivity contribution is -0.121. The fourth-order valence-electron chi connectivity index (χ4n) is 2.65. The molecule has 5 nitrogen and oxygen atoms in total. The van der Waals surface area contributed by atoms with Gasteiger partial charge in [0.05, 0.1) is 30.4 Å². The van der Waals surface area contributed by atoms with Gasteiger partial charge in [-0.25, -0.2) is 4.98 Å². The van der Waals surface area contributed by atoms with Crippen LogP contribution in [-0.2, 0) is 11.3 Å². The third kappa shape index (κ3) is 4.83. The number of nitrogens with one attached hydrogen (secondary N) is 1. The molecular formula is C20H23N3O2. The van der Waals surface area contributed by atoms with Gasteiger partial charge in [0.1, 0.15) is 5.75 Å². The number of benzene rings is 2. The highest BCUT2D eigenvalue weighted by Crippen LogP contribution is 2.12. The molecule has 5 heteroatoms. The molecule has 0 aliphatic rings. The molecule has 0 spiro atoms. The molecule has 1 amide bonds. The van der Waals surface area contributed by atoms with E-state index in [0.717, 1.165) is 29.7 Å². The van der Waals surface area contributed by atoms with Crippen molar-refractivity contribution in [2.75, 3.05) is 13.2 Å². The van der Waals surface area contributed by atoms with Crippen molar-refractivity contribution in [3.8, 4) is 5.75 Å². The van der Waals surface area contributed by atoms with E-state index in [0.29, 0.717) is 19.6 Å². The van der Waals surface area contributed by atoms with Crippen molar-refractivity contribution in [2.45, 2.75) is 26.3 Å². The molecule has 2 aromatic carbocycles. The van der Waals surface area contributed by atoms with Crippen LogP contribution in [0.2, 0.25) is 0 Å². The predicted octanol–water partition coefficient (Wildman–Crippen LogP) is 3.32. The first-order valence-corrected chi connectivity index (χ1v) is 8.58. The third-order valence-corrected chi connectivity index (χ3v) is 4.04. The smallest absolute Gasteiger partial charge is 0.223 e. The van der Waals surface area contributed by atoms with E-state index >= 15 is 0 Å². The van der Waals surface area contributed by atoms with E-state index in [9.17, 15) is 4.79 Å². The normalized spacial score (nSPS) is 10.8. The highest BCUT2D eigenvalue weighted by atomic mass is 16.5. The topological polar surface area (TPSA) is 56.1 Å². The summed E-state index contributed by atoms with van der Waals surface area (Å²) in [5.74, 6) is 0.813. The summed E-state index contributed by atoms with van der Waals surface area (Å²) < 4.78 is 7.68. The minimum absolute atomic E-state index is 0.0163. The number of aryl methyl sites for hydroxylation is 2. The number of fused-ring (bicyclic) bond motifs is 1. The summed E-state index contributed by atoms with van der Waals surface area (Å²) >= 11 is 0. The van der Waals surface area contributed by atoms with Gasteiger partial charge in [0.2, 0.25) is 5.91 Å². The van der Waals surface area contributed by atoms with Crippen LogP contribution >= 0.6 is 0 Å². The largest absolute Gasteiger partial charge is 0.493 e. The Bertz CT molecular complexity index is 824. The van der Waals surface area contributed by atoms with E-state index in [1.807, 2.05) is 55.7 Å². The Morgan fingerprint density at radius 1 is 1.16 bits per heavy atom. The molecule has 130 valence electrons. The molecule has 0 saturated carbocycles. The van der Waals surface area contributed by atoms with Gasteiger partial charge in [0.25, 0.3) is 0 Å². The van der Waals surface area contributed by atoms with Crippen molar-refractivity contribution < 1.29 is 9.53 Å². The number of carbonyl (C=O) groups excluding carboxylic acids is 1. The molecule has 0 saturated heterocycles. The van der Waals surface area contributed by atoms with E-state index in [1.165, 1.54) is 5.56 Å². The number of imidazole rings is 1. The Morgan fingerprint density at radius 2 is 1.96 bits per heavy atom. The molecule has 3 aromatic rings. The van der Waals surface area contributed by atoms with Crippen molar-refractivity contribution in [3.05, 3.63) is 60.4 Å². The first-order chi connectivity index (χ1) is 12.2. The molecule has 1 heterocycles. The molecule has 0 atom stereocenters. The lowest BCUT2D eigenvalue weighted by Gasteiger charge is -2.08. The van der Waals surface area contributed by atoms with Crippen LogP contribution in [0.4, 0.5) is 0 Å². The highest BCUT2D eigenvalue weighted by molar-refractivity contribution is 5.76. The second kappa shape index (κ2) is 8.33. The lowest BCUT2D eigenvalue weighted by atomic mass is 10.2. The van der Waals surface area contributed by atoms with E-state index < -0.39 is 0 Å². The minimum Gasteiger partial charge on any atom is -0.493 e. The Hall–Kier alpha value is -2.82. The molecule has 0 aliphatic carbocycles. The Balaban J connectivity index is 1.33. The summed E-state index contributed by atoms with van der Waals surface area (Å²) in [7, 11) is 0. The van der Waals surface area contributed by atoms with Crippen LogP contribution in [0.25, 0.3) is 11.0 Å². The number of aromatic nitrogens is 2. The molecule has 1 N–H and O–H groups in total. The number of para-hydroxylation sites is 2.